The van der Waals surface area contributed by atoms with Crippen molar-refractivity contribution in [1.29, 1.82) is 0 Å². The number of aryl methyl sites for hydroxylation is 2. The number of methoxy groups -OCH3 is 1. The Bertz CT molecular complexity index is 352. The van der Waals surface area contributed by atoms with Gasteiger partial charge in [-0.15, -0.1) is 0 Å². The third-order valence-corrected chi connectivity index (χ3v) is 1.64. The molecule has 0 spiro atoms. The van der Waals surface area contributed by atoms with E-state index in [9.17, 15) is 9.59 Å². The molecule has 0 radical (unpaired) electrons. The number of carbonyl (C=O) groups is 1. The summed E-state index contributed by atoms with van der Waals surface area (Å²) in [6.45, 7) is 0.256. The summed E-state index contributed by atoms with van der Waals surface area (Å²) < 4.78 is 6.99. The molecule has 0 saturated heterocycles. The minimum Gasteiger partial charge on any atom is -0.469 e. The molecule has 0 aromatic carbocycles. The Morgan fingerprint density at radius 1 is 1.69 bits per heavy atom. The van der Waals surface area contributed by atoms with Crippen molar-refractivity contribution in [3.8, 4) is 0 Å². The van der Waals surface area contributed by atoms with Gasteiger partial charge in [-0.25, -0.2) is 9.48 Å². The maximum atomic E-state index is 11.2. The lowest BCUT2D eigenvalue weighted by Crippen LogP contribution is -2.24. The number of hydrogen-bond donors (Lipinski definition) is 0. The highest BCUT2D eigenvalue weighted by Gasteiger charge is 2.04. The molecule has 0 amide bonds. The third-order valence-electron chi connectivity index (χ3n) is 1.64. The minimum absolute atomic E-state index is 0.160. The Kier molecular flexibility index (Phi) is 2.84. The van der Waals surface area contributed by atoms with E-state index in [4.69, 9.17) is 0 Å². The van der Waals surface area contributed by atoms with Crippen molar-refractivity contribution in [3.05, 3.63) is 16.8 Å². The lowest BCUT2D eigenvalue weighted by molar-refractivity contribution is -0.140. The molecule has 0 aliphatic rings. The molecular weight excluding hydrogens is 174 g/mol. The van der Waals surface area contributed by atoms with Crippen molar-refractivity contribution in [1.82, 2.24) is 14.3 Å². The summed E-state index contributed by atoms with van der Waals surface area (Å²) in [5, 5.41) is 3.78. The first kappa shape index (κ1) is 9.50. The molecular formula is C7H11N3O3. The summed E-state index contributed by atoms with van der Waals surface area (Å²) in [7, 11) is 2.91. The summed E-state index contributed by atoms with van der Waals surface area (Å²) in [5.41, 5.74) is -0.232. The number of esters is 1. The van der Waals surface area contributed by atoms with Gasteiger partial charge in [0.15, 0.2) is 0 Å². The average molecular weight is 185 g/mol. The third kappa shape index (κ3) is 2.17. The molecule has 0 fully saturated rings. The zero-order valence-corrected chi connectivity index (χ0v) is 7.56. The Labute approximate surface area is 74.7 Å². The van der Waals surface area contributed by atoms with Crippen LogP contribution in [0.5, 0.6) is 0 Å². The standard InChI is InChI=1S/C7H11N3O3/c1-9-5-8-10(7(9)12)4-3-6(11)13-2/h5H,3-4H2,1-2H3. The monoisotopic (exact) mass is 185 g/mol. The van der Waals surface area contributed by atoms with Gasteiger partial charge in [-0.05, 0) is 0 Å². The number of nitrogens with zero attached hydrogens (tertiary/aromatic N) is 3. The first-order valence-electron chi connectivity index (χ1n) is 3.80. The van der Waals surface area contributed by atoms with Gasteiger partial charge < -0.3 is 4.74 Å². The van der Waals surface area contributed by atoms with E-state index in [1.807, 2.05) is 0 Å². The SMILES string of the molecule is COC(=O)CCn1ncn(C)c1=O. The fourth-order valence-corrected chi connectivity index (χ4v) is 0.873. The van der Waals surface area contributed by atoms with Gasteiger partial charge in [-0.1, -0.05) is 0 Å². The van der Waals surface area contributed by atoms with Crippen LogP contribution >= 0.6 is 0 Å². The predicted octanol–water partition coefficient (Wildman–Crippen LogP) is -0.855. The normalized spacial score (nSPS) is 10.0. The molecule has 0 bridgehead atoms. The largest absolute Gasteiger partial charge is 0.469 e. The number of aromatic nitrogens is 3. The number of hydrogen-bond acceptors (Lipinski definition) is 4. The molecule has 0 aliphatic carbocycles. The molecule has 0 aliphatic heterocycles. The first-order valence-corrected chi connectivity index (χ1v) is 3.80. The van der Waals surface area contributed by atoms with E-state index >= 15 is 0 Å². The van der Waals surface area contributed by atoms with Crippen molar-refractivity contribution < 1.29 is 9.53 Å². The number of carbonyl (C=O) groups excluding carboxylic acids is 1. The van der Waals surface area contributed by atoms with Crippen LogP contribution in [0.1, 0.15) is 6.42 Å². The number of ether oxygens (including phenoxy) is 1. The van der Waals surface area contributed by atoms with E-state index in [0.717, 1.165) is 0 Å². The molecule has 13 heavy (non-hydrogen) atoms. The van der Waals surface area contributed by atoms with Crippen LogP contribution in [0.15, 0.2) is 11.1 Å². The summed E-state index contributed by atoms with van der Waals surface area (Å²) in [6, 6.07) is 0. The van der Waals surface area contributed by atoms with Gasteiger partial charge in [0.1, 0.15) is 6.33 Å². The van der Waals surface area contributed by atoms with Crippen molar-refractivity contribution in [2.24, 2.45) is 7.05 Å². The van der Waals surface area contributed by atoms with E-state index in [1.54, 1.807) is 7.05 Å². The smallest absolute Gasteiger partial charge is 0.345 e. The van der Waals surface area contributed by atoms with Crippen molar-refractivity contribution in [2.75, 3.05) is 7.11 Å². The average Bonchev–Trinajstić information content (AvgIpc) is 2.44. The maximum absolute atomic E-state index is 11.2. The Hall–Kier alpha value is -1.59. The topological polar surface area (TPSA) is 66.1 Å². The van der Waals surface area contributed by atoms with Gasteiger partial charge in [-0.3, -0.25) is 9.36 Å². The van der Waals surface area contributed by atoms with E-state index < -0.39 is 0 Å². The zero-order valence-electron chi connectivity index (χ0n) is 7.56. The van der Waals surface area contributed by atoms with Crippen LogP contribution < -0.4 is 5.69 Å². The summed E-state index contributed by atoms with van der Waals surface area (Å²) in [5.74, 6) is -0.349. The number of rotatable bonds is 3. The second kappa shape index (κ2) is 3.88. The summed E-state index contributed by atoms with van der Waals surface area (Å²) in [4.78, 5) is 21.9. The fraction of sp³-hybridized carbons (Fsp3) is 0.571. The van der Waals surface area contributed by atoms with Gasteiger partial charge in [0.05, 0.1) is 20.1 Å². The quantitative estimate of drug-likeness (QED) is 0.575. The van der Waals surface area contributed by atoms with Gasteiger partial charge in [0.2, 0.25) is 0 Å². The molecule has 6 heteroatoms. The van der Waals surface area contributed by atoms with E-state index in [1.165, 1.54) is 22.7 Å². The highest BCUT2D eigenvalue weighted by Crippen LogP contribution is 1.86. The van der Waals surface area contributed by atoms with Crippen LogP contribution in [0.3, 0.4) is 0 Å². The van der Waals surface area contributed by atoms with Gasteiger partial charge >= 0.3 is 11.7 Å². The second-order valence-corrected chi connectivity index (χ2v) is 2.57. The second-order valence-electron chi connectivity index (χ2n) is 2.57. The van der Waals surface area contributed by atoms with Crippen LogP contribution in [0.25, 0.3) is 0 Å². The van der Waals surface area contributed by atoms with Gasteiger partial charge in [0.25, 0.3) is 0 Å². The fourth-order valence-electron chi connectivity index (χ4n) is 0.873. The van der Waals surface area contributed by atoms with Crippen LogP contribution in [0, 0.1) is 0 Å². The Morgan fingerprint density at radius 2 is 2.38 bits per heavy atom. The maximum Gasteiger partial charge on any atom is 0.345 e. The van der Waals surface area contributed by atoms with Crippen molar-refractivity contribution in [3.63, 3.8) is 0 Å². The molecule has 6 nitrogen and oxygen atoms in total. The van der Waals surface area contributed by atoms with Crippen LogP contribution in [0.4, 0.5) is 0 Å². The molecule has 0 N–H and O–H groups in total. The van der Waals surface area contributed by atoms with Gasteiger partial charge in [-0.2, -0.15) is 5.10 Å². The van der Waals surface area contributed by atoms with E-state index in [-0.39, 0.29) is 24.6 Å². The molecule has 72 valence electrons. The lowest BCUT2D eigenvalue weighted by atomic mass is 10.4. The summed E-state index contributed by atoms with van der Waals surface area (Å²) in [6.07, 6.45) is 1.56. The Morgan fingerprint density at radius 3 is 2.85 bits per heavy atom. The van der Waals surface area contributed by atoms with Crippen LogP contribution in [0.2, 0.25) is 0 Å². The van der Waals surface area contributed by atoms with Crippen LogP contribution in [-0.2, 0) is 23.1 Å². The van der Waals surface area contributed by atoms with Crippen molar-refractivity contribution in [2.45, 2.75) is 13.0 Å². The zero-order chi connectivity index (χ0) is 9.84. The predicted molar refractivity (Wildman–Crippen MR) is 44.1 cm³/mol. The van der Waals surface area contributed by atoms with E-state index in [0.29, 0.717) is 0 Å². The highest BCUT2D eigenvalue weighted by molar-refractivity contribution is 5.68. The van der Waals surface area contributed by atoms with Gasteiger partial charge in [0, 0.05) is 7.05 Å². The molecule has 0 unspecified atom stereocenters. The lowest BCUT2D eigenvalue weighted by Gasteiger charge is -1.97. The highest BCUT2D eigenvalue weighted by atomic mass is 16.5. The molecule has 1 heterocycles. The molecule has 0 saturated carbocycles. The van der Waals surface area contributed by atoms with Crippen LogP contribution in [-0.4, -0.2) is 27.4 Å². The molecule has 1 aromatic rings. The Balaban J connectivity index is 2.60. The first-order chi connectivity index (χ1) is 6.15. The van der Waals surface area contributed by atoms with E-state index in [2.05, 4.69) is 9.84 Å². The van der Waals surface area contributed by atoms with Crippen molar-refractivity contribution >= 4 is 5.97 Å². The summed E-state index contributed by atoms with van der Waals surface area (Å²) >= 11 is 0. The molecule has 0 atom stereocenters. The molecule has 1 aromatic heterocycles. The minimum atomic E-state index is -0.349. The molecule has 1 rings (SSSR count).